The largest absolute Gasteiger partial charge is 0.445 e. The SMILES string of the molecule is CCCCCC(O)CNC(=O)OCc1ccccc1. The normalized spacial score (nSPS) is 11.9. The lowest BCUT2D eigenvalue weighted by Crippen LogP contribution is -2.32. The molecule has 1 atom stereocenters. The highest BCUT2D eigenvalue weighted by Gasteiger charge is 2.07. The third-order valence-electron chi connectivity index (χ3n) is 2.84. The molecule has 1 rings (SSSR count). The number of hydrogen-bond acceptors (Lipinski definition) is 3. The number of hydrogen-bond donors (Lipinski definition) is 2. The maximum atomic E-state index is 11.4. The van der Waals surface area contributed by atoms with Crippen LogP contribution < -0.4 is 5.32 Å². The summed E-state index contributed by atoms with van der Waals surface area (Å²) in [5.74, 6) is 0. The van der Waals surface area contributed by atoms with Crippen LogP contribution in [0.5, 0.6) is 0 Å². The highest BCUT2D eigenvalue weighted by molar-refractivity contribution is 5.67. The molecule has 1 unspecified atom stereocenters. The fourth-order valence-electron chi connectivity index (χ4n) is 1.71. The number of ether oxygens (including phenoxy) is 1. The molecule has 0 aliphatic carbocycles. The van der Waals surface area contributed by atoms with E-state index in [-0.39, 0.29) is 13.2 Å². The highest BCUT2D eigenvalue weighted by Crippen LogP contribution is 2.03. The first kappa shape index (κ1) is 15.5. The quantitative estimate of drug-likeness (QED) is 0.711. The smallest absolute Gasteiger partial charge is 0.407 e. The van der Waals surface area contributed by atoms with Crippen LogP contribution in [0.3, 0.4) is 0 Å². The number of benzene rings is 1. The molecule has 19 heavy (non-hydrogen) atoms. The molecule has 1 amide bonds. The maximum Gasteiger partial charge on any atom is 0.407 e. The Balaban J connectivity index is 2.11. The monoisotopic (exact) mass is 265 g/mol. The number of unbranched alkanes of at least 4 members (excludes halogenated alkanes) is 2. The first-order valence-corrected chi connectivity index (χ1v) is 6.85. The Hall–Kier alpha value is -1.55. The van der Waals surface area contributed by atoms with Crippen molar-refractivity contribution in [1.29, 1.82) is 0 Å². The molecule has 4 heteroatoms. The number of aliphatic hydroxyl groups is 1. The lowest BCUT2D eigenvalue weighted by molar-refractivity contribution is 0.122. The molecule has 0 saturated carbocycles. The standard InChI is InChI=1S/C15H23NO3/c1-2-3-5-10-14(17)11-16-15(18)19-12-13-8-6-4-7-9-13/h4,6-9,14,17H,2-3,5,10-12H2,1H3,(H,16,18). The molecule has 0 fully saturated rings. The number of aliphatic hydroxyl groups excluding tert-OH is 1. The van der Waals surface area contributed by atoms with Crippen molar-refractivity contribution in [2.45, 2.75) is 45.3 Å². The van der Waals surface area contributed by atoms with Gasteiger partial charge in [-0.1, -0.05) is 56.5 Å². The lowest BCUT2D eigenvalue weighted by atomic mass is 10.1. The van der Waals surface area contributed by atoms with Crippen molar-refractivity contribution < 1.29 is 14.6 Å². The van der Waals surface area contributed by atoms with Crippen LogP contribution in [0.25, 0.3) is 0 Å². The molecule has 1 aromatic carbocycles. The molecule has 1 aromatic rings. The molecule has 0 aliphatic rings. The second-order valence-electron chi connectivity index (χ2n) is 4.59. The molecule has 0 heterocycles. The van der Waals surface area contributed by atoms with E-state index in [0.717, 1.165) is 24.8 Å². The van der Waals surface area contributed by atoms with Crippen molar-refractivity contribution >= 4 is 6.09 Å². The Kier molecular flexibility index (Phi) is 7.66. The summed E-state index contributed by atoms with van der Waals surface area (Å²) in [4.78, 5) is 11.4. The third kappa shape index (κ3) is 7.47. The second kappa shape index (κ2) is 9.39. The van der Waals surface area contributed by atoms with Gasteiger partial charge in [0.2, 0.25) is 0 Å². The summed E-state index contributed by atoms with van der Waals surface area (Å²) in [6.07, 6.45) is 2.95. The summed E-state index contributed by atoms with van der Waals surface area (Å²) in [7, 11) is 0. The van der Waals surface area contributed by atoms with Crippen molar-refractivity contribution in [2.75, 3.05) is 6.54 Å². The summed E-state index contributed by atoms with van der Waals surface area (Å²) >= 11 is 0. The van der Waals surface area contributed by atoms with Crippen LogP contribution >= 0.6 is 0 Å². The number of rotatable bonds is 8. The zero-order valence-electron chi connectivity index (χ0n) is 11.5. The van der Waals surface area contributed by atoms with Crippen LogP contribution in [0.4, 0.5) is 4.79 Å². The first-order valence-electron chi connectivity index (χ1n) is 6.85. The Bertz CT molecular complexity index is 354. The predicted molar refractivity (Wildman–Crippen MR) is 74.8 cm³/mol. The van der Waals surface area contributed by atoms with Gasteiger partial charge >= 0.3 is 6.09 Å². The van der Waals surface area contributed by atoms with Crippen LogP contribution in [-0.4, -0.2) is 23.8 Å². The van der Waals surface area contributed by atoms with Gasteiger partial charge in [0, 0.05) is 6.54 Å². The van der Waals surface area contributed by atoms with Crippen LogP contribution in [0.2, 0.25) is 0 Å². The van der Waals surface area contributed by atoms with Gasteiger partial charge in [0.25, 0.3) is 0 Å². The number of alkyl carbamates (subject to hydrolysis) is 1. The number of nitrogens with one attached hydrogen (secondary N) is 1. The van der Waals surface area contributed by atoms with E-state index in [1.165, 1.54) is 0 Å². The van der Waals surface area contributed by atoms with Crippen molar-refractivity contribution in [2.24, 2.45) is 0 Å². The van der Waals surface area contributed by atoms with Crippen LogP contribution in [0.15, 0.2) is 30.3 Å². The number of amides is 1. The van der Waals surface area contributed by atoms with E-state index in [9.17, 15) is 9.90 Å². The van der Waals surface area contributed by atoms with Gasteiger partial charge in [-0.15, -0.1) is 0 Å². The van der Waals surface area contributed by atoms with E-state index in [0.29, 0.717) is 6.42 Å². The van der Waals surface area contributed by atoms with Crippen LogP contribution in [-0.2, 0) is 11.3 Å². The van der Waals surface area contributed by atoms with Gasteiger partial charge in [0.15, 0.2) is 0 Å². The van der Waals surface area contributed by atoms with Crippen molar-refractivity contribution in [3.8, 4) is 0 Å². The minimum absolute atomic E-state index is 0.247. The van der Waals surface area contributed by atoms with Gasteiger partial charge < -0.3 is 15.2 Å². The van der Waals surface area contributed by atoms with Crippen molar-refractivity contribution in [3.05, 3.63) is 35.9 Å². The first-order chi connectivity index (χ1) is 9.22. The Labute approximate surface area is 114 Å². The molecule has 106 valence electrons. The molecule has 0 saturated heterocycles. The van der Waals surface area contributed by atoms with Crippen molar-refractivity contribution in [3.63, 3.8) is 0 Å². The van der Waals surface area contributed by atoms with Gasteiger partial charge in [-0.25, -0.2) is 4.79 Å². The van der Waals surface area contributed by atoms with E-state index in [1.807, 2.05) is 30.3 Å². The summed E-state index contributed by atoms with van der Waals surface area (Å²) in [5, 5.41) is 12.2. The van der Waals surface area contributed by atoms with Gasteiger partial charge in [-0.3, -0.25) is 0 Å². The van der Waals surface area contributed by atoms with Gasteiger partial charge in [-0.05, 0) is 12.0 Å². The molecule has 0 spiro atoms. The molecule has 0 radical (unpaired) electrons. The lowest BCUT2D eigenvalue weighted by Gasteiger charge is -2.11. The minimum atomic E-state index is -0.490. The Morgan fingerprint density at radius 3 is 2.74 bits per heavy atom. The molecule has 0 aromatic heterocycles. The van der Waals surface area contributed by atoms with Gasteiger partial charge in [0.1, 0.15) is 6.61 Å². The summed E-state index contributed by atoms with van der Waals surface area (Å²) in [6.45, 7) is 2.61. The summed E-state index contributed by atoms with van der Waals surface area (Å²) in [6, 6.07) is 9.50. The van der Waals surface area contributed by atoms with Crippen LogP contribution in [0.1, 0.15) is 38.2 Å². The second-order valence-corrected chi connectivity index (χ2v) is 4.59. The van der Waals surface area contributed by atoms with E-state index in [4.69, 9.17) is 4.74 Å². The third-order valence-corrected chi connectivity index (χ3v) is 2.84. The molecule has 0 aliphatic heterocycles. The highest BCUT2D eigenvalue weighted by atomic mass is 16.5. The van der Waals surface area contributed by atoms with Crippen LogP contribution in [0, 0.1) is 0 Å². The van der Waals surface area contributed by atoms with Gasteiger partial charge in [-0.2, -0.15) is 0 Å². The number of carbonyl (C=O) groups is 1. The predicted octanol–water partition coefficient (Wildman–Crippen LogP) is 2.85. The fourth-order valence-corrected chi connectivity index (χ4v) is 1.71. The maximum absolute atomic E-state index is 11.4. The van der Waals surface area contributed by atoms with E-state index < -0.39 is 12.2 Å². The topological polar surface area (TPSA) is 58.6 Å². The molecule has 4 nitrogen and oxygen atoms in total. The summed E-state index contributed by atoms with van der Waals surface area (Å²) in [5.41, 5.74) is 0.946. The zero-order valence-corrected chi connectivity index (χ0v) is 11.5. The van der Waals surface area contributed by atoms with Gasteiger partial charge in [0.05, 0.1) is 6.10 Å². The molecular formula is C15H23NO3. The average molecular weight is 265 g/mol. The molecule has 0 bridgehead atoms. The van der Waals surface area contributed by atoms with E-state index in [2.05, 4.69) is 12.2 Å². The van der Waals surface area contributed by atoms with E-state index in [1.54, 1.807) is 0 Å². The minimum Gasteiger partial charge on any atom is -0.445 e. The van der Waals surface area contributed by atoms with Crippen molar-refractivity contribution in [1.82, 2.24) is 5.32 Å². The zero-order chi connectivity index (χ0) is 13.9. The van der Waals surface area contributed by atoms with E-state index >= 15 is 0 Å². The Morgan fingerprint density at radius 1 is 1.32 bits per heavy atom. The fraction of sp³-hybridized carbons (Fsp3) is 0.533. The Morgan fingerprint density at radius 2 is 2.05 bits per heavy atom. The average Bonchev–Trinajstić information content (AvgIpc) is 2.44. The summed E-state index contributed by atoms with van der Waals surface area (Å²) < 4.78 is 5.04. The molecular weight excluding hydrogens is 242 g/mol. The molecule has 2 N–H and O–H groups in total. The number of carbonyl (C=O) groups excluding carboxylic acids is 1.